The number of carboxylic acid groups (broad SMARTS) is 1. The van der Waals surface area contributed by atoms with Gasteiger partial charge in [0.25, 0.3) is 0 Å². The molecule has 0 unspecified atom stereocenters. The lowest BCUT2D eigenvalue weighted by atomic mass is 10.1. The van der Waals surface area contributed by atoms with E-state index in [1.807, 2.05) is 0 Å². The van der Waals surface area contributed by atoms with E-state index < -0.39 is 11.4 Å². The molecule has 148 valence electrons. The van der Waals surface area contributed by atoms with E-state index >= 15 is 0 Å². The number of carboxylic acids is 1. The molecule has 8 heteroatoms. The summed E-state index contributed by atoms with van der Waals surface area (Å²) in [5.74, 6) is -0.856. The van der Waals surface area contributed by atoms with E-state index in [4.69, 9.17) is 17.0 Å². The van der Waals surface area contributed by atoms with E-state index in [9.17, 15) is 14.7 Å². The molecule has 28 heavy (non-hydrogen) atoms. The van der Waals surface area contributed by atoms with Gasteiger partial charge >= 0.3 is 5.97 Å². The maximum atomic E-state index is 12.3. The van der Waals surface area contributed by atoms with Crippen LogP contribution in [0.1, 0.15) is 36.3 Å². The summed E-state index contributed by atoms with van der Waals surface area (Å²) < 4.78 is 1.71. The molecule has 0 aliphatic carbocycles. The number of hydrogen-bond acceptors (Lipinski definition) is 5. The van der Waals surface area contributed by atoms with Gasteiger partial charge in [-0.05, 0) is 24.5 Å². The van der Waals surface area contributed by atoms with Gasteiger partial charge in [-0.1, -0.05) is 37.6 Å². The molecule has 0 atom stereocenters. The Balaban J connectivity index is 2.73. The summed E-state index contributed by atoms with van der Waals surface area (Å²) in [7, 11) is 1.71. The minimum atomic E-state index is -1.28. The molecule has 2 aromatic rings. The molecule has 0 saturated heterocycles. The highest BCUT2D eigenvalue weighted by Crippen LogP contribution is 2.33. The Bertz CT molecular complexity index is 980. The minimum Gasteiger partial charge on any atom is -0.478 e. The Morgan fingerprint density at radius 3 is 2.71 bits per heavy atom. The molecule has 2 rings (SSSR count). The zero-order valence-electron chi connectivity index (χ0n) is 16.0. The van der Waals surface area contributed by atoms with Gasteiger partial charge in [0.05, 0.1) is 10.7 Å². The van der Waals surface area contributed by atoms with E-state index in [1.54, 1.807) is 24.0 Å². The summed E-state index contributed by atoms with van der Waals surface area (Å²) in [6, 6.07) is 5.67. The third-order valence-corrected chi connectivity index (χ3v) is 4.49. The third-order valence-electron chi connectivity index (χ3n) is 4.14. The molecule has 0 aliphatic rings. The van der Waals surface area contributed by atoms with E-state index in [1.165, 1.54) is 18.2 Å². The Morgan fingerprint density at radius 1 is 1.43 bits per heavy atom. The summed E-state index contributed by atoms with van der Waals surface area (Å²) in [6.07, 6.45) is 3.60. The lowest BCUT2D eigenvalue weighted by molar-refractivity contribution is 0.0695. The van der Waals surface area contributed by atoms with Gasteiger partial charge in [-0.3, -0.25) is 9.48 Å². The first-order valence-electron chi connectivity index (χ1n) is 8.82. The van der Waals surface area contributed by atoms with Crippen LogP contribution >= 0.6 is 11.6 Å². The second kappa shape index (κ2) is 9.32. The second-order valence-corrected chi connectivity index (χ2v) is 7.04. The summed E-state index contributed by atoms with van der Waals surface area (Å²) >= 11 is 6.61. The Hall–Kier alpha value is -2.93. The van der Waals surface area contributed by atoms with Crippen molar-refractivity contribution >= 4 is 29.4 Å². The van der Waals surface area contributed by atoms with Crippen LogP contribution in [0, 0.1) is 11.3 Å². The van der Waals surface area contributed by atoms with Crippen molar-refractivity contribution in [3.63, 3.8) is 0 Å². The smallest absolute Gasteiger partial charge is 0.339 e. The lowest BCUT2D eigenvalue weighted by Gasteiger charge is -2.09. The molecule has 1 heterocycles. The van der Waals surface area contributed by atoms with E-state index in [0.717, 1.165) is 12.6 Å². The van der Waals surface area contributed by atoms with Crippen LogP contribution in [0.15, 0.2) is 35.3 Å². The molecular weight excluding hydrogens is 380 g/mol. The maximum Gasteiger partial charge on any atom is 0.339 e. The van der Waals surface area contributed by atoms with Crippen molar-refractivity contribution in [1.29, 1.82) is 5.41 Å². The molecule has 0 spiro atoms. The van der Waals surface area contributed by atoms with Gasteiger partial charge in [-0.25, -0.2) is 4.79 Å². The average Bonchev–Trinajstić information content (AvgIpc) is 2.82. The standard InChI is InChI=1S/C20H23ClN4O3/c1-12(2)7-8-25-19(17(21)18(24-25)14(10-22)11-23-3)13-5-4-6-15(20(27)28)16(26)9-13/h4-6,9-12,22-23H,7-8H2,1-3H3,(H,27,28)/b14-11+,22-10?. The quantitative estimate of drug-likeness (QED) is 0.585. The molecule has 0 saturated carbocycles. The number of aryl methyl sites for hydroxylation is 1. The second-order valence-electron chi connectivity index (χ2n) is 6.66. The zero-order chi connectivity index (χ0) is 20.8. The van der Waals surface area contributed by atoms with Crippen LogP contribution in [0.2, 0.25) is 5.02 Å². The van der Waals surface area contributed by atoms with Crippen LogP contribution in [0.3, 0.4) is 0 Å². The predicted molar refractivity (Wildman–Crippen MR) is 111 cm³/mol. The summed E-state index contributed by atoms with van der Waals surface area (Å²) in [6.45, 7) is 4.75. The van der Waals surface area contributed by atoms with E-state index in [2.05, 4.69) is 24.3 Å². The highest BCUT2D eigenvalue weighted by molar-refractivity contribution is 6.36. The first-order valence-corrected chi connectivity index (χ1v) is 9.20. The molecule has 1 aromatic carbocycles. The van der Waals surface area contributed by atoms with Crippen LogP contribution in [-0.2, 0) is 6.54 Å². The van der Waals surface area contributed by atoms with Crippen molar-refractivity contribution in [2.75, 3.05) is 7.05 Å². The number of allylic oxidation sites excluding steroid dienone is 1. The number of nitrogens with zero attached hydrogens (tertiary/aromatic N) is 2. The topological polar surface area (TPSA) is 108 Å². The number of rotatable bonds is 8. The minimum absolute atomic E-state index is 0.302. The molecule has 0 radical (unpaired) electrons. The number of hydrogen-bond donors (Lipinski definition) is 3. The van der Waals surface area contributed by atoms with Gasteiger partial charge in [0.2, 0.25) is 0 Å². The first-order chi connectivity index (χ1) is 13.3. The predicted octanol–water partition coefficient (Wildman–Crippen LogP) is 3.52. The Morgan fingerprint density at radius 2 is 2.14 bits per heavy atom. The fourth-order valence-corrected chi connectivity index (χ4v) is 3.05. The number of halogens is 1. The molecule has 0 bridgehead atoms. The van der Waals surface area contributed by atoms with Crippen molar-refractivity contribution in [2.45, 2.75) is 26.8 Å². The highest BCUT2D eigenvalue weighted by atomic mass is 35.5. The average molecular weight is 403 g/mol. The van der Waals surface area contributed by atoms with E-state index in [-0.39, 0.29) is 5.56 Å². The molecule has 1 aromatic heterocycles. The fourth-order valence-electron chi connectivity index (χ4n) is 2.70. The molecule has 3 N–H and O–H groups in total. The van der Waals surface area contributed by atoms with Crippen LogP contribution in [0.4, 0.5) is 0 Å². The normalized spacial score (nSPS) is 11.5. The molecule has 0 aliphatic heterocycles. The van der Waals surface area contributed by atoms with Gasteiger partial charge in [-0.2, -0.15) is 5.10 Å². The molecule has 0 fully saturated rings. The number of aromatic carboxylic acids is 1. The fraction of sp³-hybridized carbons (Fsp3) is 0.300. The van der Waals surface area contributed by atoms with Gasteiger partial charge in [0.15, 0.2) is 5.43 Å². The van der Waals surface area contributed by atoms with Crippen molar-refractivity contribution in [3.05, 3.63) is 57.0 Å². The van der Waals surface area contributed by atoms with Crippen LogP contribution in [-0.4, -0.2) is 34.1 Å². The van der Waals surface area contributed by atoms with Gasteiger partial charge in [0, 0.05) is 37.1 Å². The molecular formula is C20H23ClN4O3. The van der Waals surface area contributed by atoms with Crippen molar-refractivity contribution in [2.24, 2.45) is 5.92 Å². The monoisotopic (exact) mass is 402 g/mol. The number of carbonyl (C=O) groups is 1. The summed E-state index contributed by atoms with van der Waals surface area (Å²) in [5, 5.41) is 24.5. The molecule has 7 nitrogen and oxygen atoms in total. The first kappa shape index (κ1) is 21.4. The third kappa shape index (κ3) is 4.67. The highest BCUT2D eigenvalue weighted by Gasteiger charge is 2.20. The Labute approximate surface area is 168 Å². The van der Waals surface area contributed by atoms with Gasteiger partial charge < -0.3 is 15.8 Å². The molecule has 0 amide bonds. The van der Waals surface area contributed by atoms with Gasteiger partial charge in [-0.15, -0.1) is 0 Å². The number of aromatic nitrogens is 2. The van der Waals surface area contributed by atoms with E-state index in [0.29, 0.717) is 40.0 Å². The van der Waals surface area contributed by atoms with Gasteiger partial charge in [0.1, 0.15) is 11.3 Å². The largest absolute Gasteiger partial charge is 0.478 e. The number of nitrogens with one attached hydrogen (secondary N) is 2. The van der Waals surface area contributed by atoms with Crippen molar-refractivity contribution < 1.29 is 9.90 Å². The summed E-state index contributed by atoms with van der Waals surface area (Å²) in [4.78, 5) is 23.6. The van der Waals surface area contributed by atoms with Crippen LogP contribution in [0.25, 0.3) is 16.8 Å². The SMILES string of the molecule is CN/C=C(\C=N)c1nn(CCC(C)C)c(-c2cccc(C(=O)O)c(=O)c2)c1Cl. The lowest BCUT2D eigenvalue weighted by Crippen LogP contribution is -2.11. The van der Waals surface area contributed by atoms with Crippen LogP contribution in [0.5, 0.6) is 0 Å². The van der Waals surface area contributed by atoms with Crippen molar-refractivity contribution in [3.8, 4) is 11.3 Å². The summed E-state index contributed by atoms with van der Waals surface area (Å²) in [5.41, 5.74) is 0.976. The zero-order valence-corrected chi connectivity index (χ0v) is 16.7. The van der Waals surface area contributed by atoms with Crippen molar-refractivity contribution in [1.82, 2.24) is 15.1 Å². The van der Waals surface area contributed by atoms with Crippen LogP contribution < -0.4 is 10.7 Å². The Kier molecular flexibility index (Phi) is 7.12. The maximum absolute atomic E-state index is 12.3.